The third-order valence-electron chi connectivity index (χ3n) is 1.44. The van der Waals surface area contributed by atoms with Crippen molar-refractivity contribution in [2.75, 3.05) is 6.26 Å². The quantitative estimate of drug-likeness (QED) is 0.419. The van der Waals surface area contributed by atoms with Crippen LogP contribution in [-0.4, -0.2) is 23.4 Å². The van der Waals surface area contributed by atoms with Crippen molar-refractivity contribution in [2.45, 2.75) is 9.79 Å². The smallest absolute Gasteiger partial charge is 0.768 e. The average Bonchev–Trinajstić information content (AvgIpc) is 2.03. The summed E-state index contributed by atoms with van der Waals surface area (Å²) < 4.78 is 42.7. The van der Waals surface area contributed by atoms with E-state index in [2.05, 4.69) is 0 Å². The van der Waals surface area contributed by atoms with E-state index in [0.29, 0.717) is 0 Å². The summed E-state index contributed by atoms with van der Waals surface area (Å²) >= 11 is -2.31. The first kappa shape index (κ1) is 14.3. The van der Waals surface area contributed by atoms with E-state index in [0.717, 1.165) is 6.26 Å². The molecule has 4 nitrogen and oxygen atoms in total. The number of hydrogen-bond acceptors (Lipinski definition) is 4. The normalized spacial score (nSPS) is 13.0. The molecule has 0 amide bonds. The van der Waals surface area contributed by atoms with Crippen LogP contribution in [-0.2, 0) is 20.9 Å². The summed E-state index contributed by atoms with van der Waals surface area (Å²) in [7, 11) is -3.25. The second-order valence-corrected chi connectivity index (χ2v) is 5.43. The molecule has 1 rings (SSSR count). The van der Waals surface area contributed by atoms with Gasteiger partial charge in [-0.05, 0) is 35.3 Å². The van der Waals surface area contributed by atoms with E-state index in [1.54, 1.807) is 0 Å². The molecule has 0 heterocycles. The maximum absolute atomic E-state index is 11.0. The zero-order valence-electron chi connectivity index (χ0n) is 7.76. The predicted octanol–water partition coefficient (Wildman–Crippen LogP) is -2.67. The van der Waals surface area contributed by atoms with Crippen LogP contribution in [0.25, 0.3) is 0 Å². The van der Waals surface area contributed by atoms with Gasteiger partial charge in [0.1, 0.15) is 0 Å². The van der Waals surface area contributed by atoms with Crippen LogP contribution in [0.5, 0.6) is 0 Å². The Balaban J connectivity index is 0.00000169. The molecular formula is C7H7NaO4S2. The first-order valence-electron chi connectivity index (χ1n) is 3.30. The molecule has 0 bridgehead atoms. The van der Waals surface area contributed by atoms with Gasteiger partial charge in [0, 0.05) is 11.2 Å². The average molecular weight is 242 g/mol. The van der Waals surface area contributed by atoms with Crippen molar-refractivity contribution in [3.8, 4) is 0 Å². The van der Waals surface area contributed by atoms with Crippen molar-refractivity contribution >= 4 is 20.9 Å². The van der Waals surface area contributed by atoms with Crippen LogP contribution in [0.4, 0.5) is 0 Å². The molecule has 0 saturated heterocycles. The summed E-state index contributed by atoms with van der Waals surface area (Å²) in [4.78, 5) is 0.189. The van der Waals surface area contributed by atoms with Crippen molar-refractivity contribution < 1.29 is 46.7 Å². The molecule has 0 aromatic heterocycles. The zero-order chi connectivity index (χ0) is 10.1. The Hall–Kier alpha value is 0.280. The van der Waals surface area contributed by atoms with Gasteiger partial charge in [0.2, 0.25) is 0 Å². The minimum atomic E-state index is -3.25. The van der Waals surface area contributed by atoms with Crippen molar-refractivity contribution in [3.05, 3.63) is 24.3 Å². The Bertz CT molecular complexity index is 424. The number of benzene rings is 1. The maximum Gasteiger partial charge on any atom is 1.00 e. The Labute approximate surface area is 107 Å². The van der Waals surface area contributed by atoms with Crippen LogP contribution in [0.1, 0.15) is 0 Å². The summed E-state index contributed by atoms with van der Waals surface area (Å²) in [6, 6.07) is 5.03. The largest absolute Gasteiger partial charge is 1.00 e. The molecule has 0 spiro atoms. The summed E-state index contributed by atoms with van der Waals surface area (Å²) in [6.45, 7) is 0. The van der Waals surface area contributed by atoms with E-state index in [-0.39, 0.29) is 39.3 Å². The van der Waals surface area contributed by atoms with E-state index >= 15 is 0 Å². The Kier molecular flexibility index (Phi) is 5.50. The van der Waals surface area contributed by atoms with Crippen molar-refractivity contribution in [1.29, 1.82) is 0 Å². The van der Waals surface area contributed by atoms with Crippen molar-refractivity contribution in [1.82, 2.24) is 0 Å². The van der Waals surface area contributed by atoms with Crippen LogP contribution in [0.15, 0.2) is 34.1 Å². The van der Waals surface area contributed by atoms with Gasteiger partial charge >= 0.3 is 29.6 Å². The summed E-state index contributed by atoms with van der Waals surface area (Å²) in [5, 5.41) is 0. The molecule has 1 atom stereocenters. The summed E-state index contributed by atoms with van der Waals surface area (Å²) in [5.74, 6) is 0. The third-order valence-corrected chi connectivity index (χ3v) is 3.23. The minimum Gasteiger partial charge on any atom is -0.768 e. The van der Waals surface area contributed by atoms with Gasteiger partial charge in [-0.2, -0.15) is 0 Å². The molecule has 1 aromatic rings. The Morgan fingerprint density at radius 1 is 1.21 bits per heavy atom. The van der Waals surface area contributed by atoms with Gasteiger partial charge in [-0.25, -0.2) is 8.42 Å². The molecule has 14 heavy (non-hydrogen) atoms. The summed E-state index contributed by atoms with van der Waals surface area (Å²) in [6.07, 6.45) is 1.07. The van der Waals surface area contributed by atoms with E-state index in [1.165, 1.54) is 24.3 Å². The zero-order valence-corrected chi connectivity index (χ0v) is 11.4. The van der Waals surface area contributed by atoms with Crippen molar-refractivity contribution in [2.24, 2.45) is 0 Å². The Morgan fingerprint density at radius 3 is 1.93 bits per heavy atom. The van der Waals surface area contributed by atoms with Gasteiger partial charge in [0.25, 0.3) is 0 Å². The maximum atomic E-state index is 11.0. The SMILES string of the molecule is CS(=O)(=O)c1ccc(S(=O)[O-])cc1.[Na+]. The van der Waals surface area contributed by atoms with Gasteiger partial charge in [0.15, 0.2) is 9.84 Å². The predicted molar refractivity (Wildman–Crippen MR) is 46.7 cm³/mol. The van der Waals surface area contributed by atoms with Crippen LogP contribution in [0.2, 0.25) is 0 Å². The van der Waals surface area contributed by atoms with Crippen LogP contribution in [0, 0.1) is 0 Å². The first-order chi connectivity index (χ1) is 5.91. The van der Waals surface area contributed by atoms with Crippen LogP contribution < -0.4 is 29.6 Å². The third kappa shape index (κ3) is 3.80. The van der Waals surface area contributed by atoms with Gasteiger partial charge < -0.3 is 4.55 Å². The monoisotopic (exact) mass is 242 g/mol. The van der Waals surface area contributed by atoms with Gasteiger partial charge in [0.05, 0.1) is 4.90 Å². The van der Waals surface area contributed by atoms with Crippen LogP contribution in [0.3, 0.4) is 0 Å². The van der Waals surface area contributed by atoms with E-state index < -0.39 is 20.9 Å². The topological polar surface area (TPSA) is 74.3 Å². The molecule has 0 N–H and O–H groups in total. The Morgan fingerprint density at radius 2 is 1.64 bits per heavy atom. The minimum absolute atomic E-state index is 0. The van der Waals surface area contributed by atoms with Gasteiger partial charge in [-0.15, -0.1) is 0 Å². The molecule has 0 saturated carbocycles. The number of rotatable bonds is 2. The molecule has 0 fully saturated rings. The second-order valence-electron chi connectivity index (χ2n) is 2.48. The molecule has 1 aromatic carbocycles. The molecule has 0 aliphatic rings. The molecule has 7 heteroatoms. The number of hydrogen-bond donors (Lipinski definition) is 0. The molecule has 72 valence electrons. The summed E-state index contributed by atoms with van der Waals surface area (Å²) in [5.41, 5.74) is 0. The van der Waals surface area contributed by atoms with E-state index in [9.17, 15) is 17.2 Å². The van der Waals surface area contributed by atoms with E-state index in [1.807, 2.05) is 0 Å². The first-order valence-corrected chi connectivity index (χ1v) is 6.27. The standard InChI is InChI=1S/C7H8O4S2.Na/c1-13(10,11)7-4-2-6(3-5-7)12(8)9;/h2-5H,1H3,(H,8,9);/q;+1/p-1. The fraction of sp³-hybridized carbons (Fsp3) is 0.143. The fourth-order valence-corrected chi connectivity index (χ4v) is 1.79. The second kappa shape index (κ2) is 5.39. The molecule has 0 radical (unpaired) electrons. The van der Waals surface area contributed by atoms with Crippen LogP contribution >= 0.6 is 0 Å². The fourth-order valence-electron chi connectivity index (χ4n) is 0.798. The molecule has 0 aliphatic carbocycles. The molecule has 1 unspecified atom stereocenters. The van der Waals surface area contributed by atoms with Gasteiger partial charge in [-0.3, -0.25) is 4.21 Å². The number of sulfone groups is 1. The van der Waals surface area contributed by atoms with Crippen molar-refractivity contribution in [3.63, 3.8) is 0 Å². The van der Waals surface area contributed by atoms with Gasteiger partial charge in [-0.1, -0.05) is 0 Å². The molecular weight excluding hydrogens is 235 g/mol. The molecule has 0 aliphatic heterocycles. The van der Waals surface area contributed by atoms with E-state index in [4.69, 9.17) is 0 Å².